The van der Waals surface area contributed by atoms with Crippen LogP contribution in [0.5, 0.6) is 5.75 Å². The van der Waals surface area contributed by atoms with Gasteiger partial charge < -0.3 is 10.1 Å². The van der Waals surface area contributed by atoms with Crippen molar-refractivity contribution in [2.45, 2.75) is 38.5 Å². The molecule has 0 fully saturated rings. The van der Waals surface area contributed by atoms with Crippen LogP contribution in [0.2, 0.25) is 0 Å². The third kappa shape index (κ3) is 6.33. The van der Waals surface area contributed by atoms with Crippen molar-refractivity contribution in [2.75, 3.05) is 11.1 Å². The molecule has 2 aromatic carbocycles. The number of halogens is 1. The third-order valence-corrected chi connectivity index (χ3v) is 5.49. The minimum Gasteiger partial charge on any atom is -0.486 e. The number of aryl methyl sites for hydroxylation is 1. The van der Waals surface area contributed by atoms with Crippen molar-refractivity contribution in [3.8, 4) is 5.75 Å². The second kappa shape index (κ2) is 9.93. The molecule has 3 rings (SSSR count). The standard InChI is InChI=1S/C21H23BrN4O2S/c1-13(2)17-10-15(22)6-9-18(17)23-20(27)12-29-21-24-19(25-26-21)11-28-16-7-4-14(3)5-8-16/h4-10,13H,11-12H2,1-3H3,(H,23,27)(H,24,25,26). The molecular formula is C21H23BrN4O2S. The number of aromatic amines is 1. The van der Waals surface area contributed by atoms with E-state index in [9.17, 15) is 4.79 Å². The van der Waals surface area contributed by atoms with Crippen molar-refractivity contribution >= 4 is 39.3 Å². The summed E-state index contributed by atoms with van der Waals surface area (Å²) in [6.07, 6.45) is 0. The summed E-state index contributed by atoms with van der Waals surface area (Å²) >= 11 is 4.76. The smallest absolute Gasteiger partial charge is 0.234 e. The van der Waals surface area contributed by atoms with E-state index >= 15 is 0 Å². The van der Waals surface area contributed by atoms with E-state index in [0.29, 0.717) is 23.5 Å². The highest BCUT2D eigenvalue weighted by Gasteiger charge is 2.12. The summed E-state index contributed by atoms with van der Waals surface area (Å²) in [4.78, 5) is 16.7. The monoisotopic (exact) mass is 474 g/mol. The Morgan fingerprint density at radius 3 is 2.72 bits per heavy atom. The quantitative estimate of drug-likeness (QED) is 0.432. The first-order valence-corrected chi connectivity index (χ1v) is 11.0. The van der Waals surface area contributed by atoms with Crippen molar-refractivity contribution in [2.24, 2.45) is 0 Å². The lowest BCUT2D eigenvalue weighted by molar-refractivity contribution is -0.113. The molecule has 0 aliphatic heterocycles. The minimum atomic E-state index is -0.0959. The summed E-state index contributed by atoms with van der Waals surface area (Å²) in [5.74, 6) is 1.82. The number of ether oxygens (including phenoxy) is 1. The Labute approximate surface area is 183 Å². The van der Waals surface area contributed by atoms with Crippen molar-refractivity contribution < 1.29 is 9.53 Å². The fraction of sp³-hybridized carbons (Fsp3) is 0.286. The maximum absolute atomic E-state index is 12.4. The van der Waals surface area contributed by atoms with Crippen LogP contribution in [-0.4, -0.2) is 26.8 Å². The lowest BCUT2D eigenvalue weighted by atomic mass is 10.0. The highest BCUT2D eigenvalue weighted by Crippen LogP contribution is 2.28. The van der Waals surface area contributed by atoms with Gasteiger partial charge in [0.25, 0.3) is 0 Å². The van der Waals surface area contributed by atoms with Gasteiger partial charge in [-0.3, -0.25) is 9.89 Å². The lowest BCUT2D eigenvalue weighted by Crippen LogP contribution is -2.15. The molecule has 3 aromatic rings. The zero-order valence-electron chi connectivity index (χ0n) is 16.5. The summed E-state index contributed by atoms with van der Waals surface area (Å²) in [5, 5.41) is 10.5. The molecule has 1 heterocycles. The van der Waals surface area contributed by atoms with E-state index in [1.165, 1.54) is 17.3 Å². The Bertz CT molecular complexity index is 973. The molecule has 8 heteroatoms. The van der Waals surface area contributed by atoms with Crippen LogP contribution in [0, 0.1) is 6.92 Å². The molecule has 0 unspecified atom stereocenters. The van der Waals surface area contributed by atoms with Gasteiger partial charge in [-0.25, -0.2) is 4.98 Å². The first-order valence-electron chi connectivity index (χ1n) is 9.23. The van der Waals surface area contributed by atoms with Gasteiger partial charge in [-0.15, -0.1) is 5.10 Å². The Morgan fingerprint density at radius 1 is 1.24 bits per heavy atom. The van der Waals surface area contributed by atoms with Gasteiger partial charge in [-0.05, 0) is 48.7 Å². The predicted molar refractivity (Wildman–Crippen MR) is 119 cm³/mol. The number of H-pyrrole nitrogens is 1. The number of nitrogens with one attached hydrogen (secondary N) is 2. The van der Waals surface area contributed by atoms with Gasteiger partial charge in [0.05, 0.1) is 5.75 Å². The van der Waals surface area contributed by atoms with E-state index in [4.69, 9.17) is 4.74 Å². The maximum atomic E-state index is 12.4. The molecule has 0 saturated carbocycles. The van der Waals surface area contributed by atoms with Crippen LogP contribution in [-0.2, 0) is 11.4 Å². The van der Waals surface area contributed by atoms with E-state index in [0.717, 1.165) is 21.5 Å². The Hall–Kier alpha value is -2.32. The molecule has 0 radical (unpaired) electrons. The van der Waals surface area contributed by atoms with Crippen molar-refractivity contribution in [1.29, 1.82) is 0 Å². The second-order valence-corrected chi connectivity index (χ2v) is 8.75. The van der Waals surface area contributed by atoms with Crippen molar-refractivity contribution in [1.82, 2.24) is 15.2 Å². The van der Waals surface area contributed by atoms with Crippen LogP contribution in [0.3, 0.4) is 0 Å². The fourth-order valence-corrected chi connectivity index (χ4v) is 3.63. The molecule has 1 aromatic heterocycles. The molecule has 152 valence electrons. The number of carbonyl (C=O) groups is 1. The van der Waals surface area contributed by atoms with Crippen LogP contribution >= 0.6 is 27.7 Å². The van der Waals surface area contributed by atoms with Gasteiger partial charge in [0.15, 0.2) is 5.82 Å². The minimum absolute atomic E-state index is 0.0959. The number of nitrogens with zero attached hydrogens (tertiary/aromatic N) is 2. The summed E-state index contributed by atoms with van der Waals surface area (Å²) < 4.78 is 6.68. The molecule has 0 atom stereocenters. The SMILES string of the molecule is Cc1ccc(OCc2nc(SCC(=O)Nc3ccc(Br)cc3C(C)C)n[nH]2)cc1. The van der Waals surface area contributed by atoms with E-state index in [1.807, 2.05) is 49.4 Å². The number of anilines is 1. The molecule has 0 saturated heterocycles. The van der Waals surface area contributed by atoms with Gasteiger partial charge in [0.1, 0.15) is 12.4 Å². The largest absolute Gasteiger partial charge is 0.486 e. The zero-order valence-corrected chi connectivity index (χ0v) is 18.9. The van der Waals surface area contributed by atoms with Gasteiger partial charge in [0.2, 0.25) is 11.1 Å². The molecular weight excluding hydrogens is 452 g/mol. The van der Waals surface area contributed by atoms with E-state index in [-0.39, 0.29) is 11.7 Å². The first-order chi connectivity index (χ1) is 13.9. The van der Waals surface area contributed by atoms with E-state index in [1.54, 1.807) is 0 Å². The Balaban J connectivity index is 1.50. The van der Waals surface area contributed by atoms with Crippen LogP contribution < -0.4 is 10.1 Å². The number of carbonyl (C=O) groups excluding carboxylic acids is 1. The van der Waals surface area contributed by atoms with Gasteiger partial charge in [-0.2, -0.15) is 0 Å². The molecule has 0 aliphatic carbocycles. The van der Waals surface area contributed by atoms with Gasteiger partial charge in [-0.1, -0.05) is 59.2 Å². The van der Waals surface area contributed by atoms with E-state index < -0.39 is 0 Å². The number of hydrogen-bond donors (Lipinski definition) is 2. The maximum Gasteiger partial charge on any atom is 0.234 e. The Kier molecular flexibility index (Phi) is 7.33. The summed E-state index contributed by atoms with van der Waals surface area (Å²) in [6.45, 7) is 6.51. The third-order valence-electron chi connectivity index (χ3n) is 4.15. The average Bonchev–Trinajstić information content (AvgIpc) is 3.15. The summed E-state index contributed by atoms with van der Waals surface area (Å²) in [5.41, 5.74) is 3.10. The number of aromatic nitrogens is 3. The van der Waals surface area contributed by atoms with Crippen LogP contribution in [0.4, 0.5) is 5.69 Å². The van der Waals surface area contributed by atoms with Gasteiger partial charge in [0, 0.05) is 10.2 Å². The van der Waals surface area contributed by atoms with Gasteiger partial charge >= 0.3 is 0 Å². The molecule has 0 aliphatic rings. The van der Waals surface area contributed by atoms with Crippen LogP contribution in [0.15, 0.2) is 52.1 Å². The molecule has 2 N–H and O–H groups in total. The fourth-order valence-electron chi connectivity index (χ4n) is 2.63. The normalized spacial score (nSPS) is 10.9. The highest BCUT2D eigenvalue weighted by molar-refractivity contribution is 9.10. The van der Waals surface area contributed by atoms with Crippen LogP contribution in [0.25, 0.3) is 0 Å². The van der Waals surface area contributed by atoms with Crippen molar-refractivity contribution in [3.05, 3.63) is 63.9 Å². The van der Waals surface area contributed by atoms with Crippen LogP contribution in [0.1, 0.15) is 36.7 Å². The zero-order chi connectivity index (χ0) is 20.8. The number of benzene rings is 2. The van der Waals surface area contributed by atoms with Crippen molar-refractivity contribution in [3.63, 3.8) is 0 Å². The second-order valence-electron chi connectivity index (χ2n) is 6.89. The number of amides is 1. The number of hydrogen-bond acceptors (Lipinski definition) is 5. The molecule has 0 bridgehead atoms. The average molecular weight is 475 g/mol. The number of rotatable bonds is 8. The molecule has 29 heavy (non-hydrogen) atoms. The summed E-state index contributed by atoms with van der Waals surface area (Å²) in [7, 11) is 0. The topological polar surface area (TPSA) is 79.9 Å². The molecule has 0 spiro atoms. The molecule has 6 nitrogen and oxygen atoms in total. The Morgan fingerprint density at radius 2 is 2.00 bits per heavy atom. The van der Waals surface area contributed by atoms with E-state index in [2.05, 4.69) is 50.3 Å². The lowest BCUT2D eigenvalue weighted by Gasteiger charge is -2.14. The number of thioether (sulfide) groups is 1. The predicted octanol–water partition coefficient (Wildman–Crippen LogP) is 5.31. The first kappa shape index (κ1) is 21.4. The molecule has 1 amide bonds. The highest BCUT2D eigenvalue weighted by atomic mass is 79.9. The summed E-state index contributed by atoms with van der Waals surface area (Å²) in [6, 6.07) is 13.7.